The number of nitro groups is 1. The second kappa shape index (κ2) is 5.40. The summed E-state index contributed by atoms with van der Waals surface area (Å²) in [7, 11) is 1.83. The Morgan fingerprint density at radius 3 is 2.62 bits per heavy atom. The molecule has 116 valence electrons. The summed E-state index contributed by atoms with van der Waals surface area (Å²) in [5, 5.41) is 10.7. The highest BCUT2D eigenvalue weighted by Gasteiger charge is 2.40. The third kappa shape index (κ3) is 3.18. The van der Waals surface area contributed by atoms with Crippen LogP contribution in [0.25, 0.3) is 0 Å². The van der Waals surface area contributed by atoms with Gasteiger partial charge < -0.3 is 15.4 Å². The van der Waals surface area contributed by atoms with Gasteiger partial charge in [0.25, 0.3) is 5.69 Å². The fourth-order valence-electron chi connectivity index (χ4n) is 2.31. The van der Waals surface area contributed by atoms with E-state index in [1.165, 1.54) is 0 Å². The maximum atomic E-state index is 13.1. The van der Waals surface area contributed by atoms with Crippen LogP contribution in [0.15, 0.2) is 12.1 Å². The first-order valence-corrected chi connectivity index (χ1v) is 6.19. The minimum absolute atomic E-state index is 0.392. The highest BCUT2D eigenvalue weighted by Crippen LogP contribution is 2.44. The Kier molecular flexibility index (Phi) is 3.95. The number of nitro benzene ring substituents is 1. The molecule has 1 heterocycles. The first-order valence-electron chi connectivity index (χ1n) is 6.19. The number of anilines is 1. The summed E-state index contributed by atoms with van der Waals surface area (Å²) in [5.74, 6) is -0.467. The summed E-state index contributed by atoms with van der Waals surface area (Å²) < 4.78 is 44.7. The van der Waals surface area contributed by atoms with Gasteiger partial charge in [-0.25, -0.2) is 0 Å². The molecule has 1 fully saturated rings. The van der Waals surface area contributed by atoms with Crippen LogP contribution in [0, 0.1) is 10.1 Å². The van der Waals surface area contributed by atoms with Crippen molar-refractivity contribution in [1.29, 1.82) is 0 Å². The van der Waals surface area contributed by atoms with Gasteiger partial charge >= 0.3 is 6.18 Å². The normalized spacial score (nSPS) is 19.7. The number of likely N-dealkylation sites (tertiary alicyclic amines) is 1. The molecule has 1 atom stereocenters. The van der Waals surface area contributed by atoms with Crippen molar-refractivity contribution in [1.82, 2.24) is 4.90 Å². The summed E-state index contributed by atoms with van der Waals surface area (Å²) in [6.45, 7) is 1.21. The smallest absolute Gasteiger partial charge is 0.422 e. The van der Waals surface area contributed by atoms with Gasteiger partial charge in [0.05, 0.1) is 4.92 Å². The van der Waals surface area contributed by atoms with E-state index in [1.807, 2.05) is 11.9 Å². The fourth-order valence-corrected chi connectivity index (χ4v) is 2.31. The van der Waals surface area contributed by atoms with E-state index in [0.29, 0.717) is 19.5 Å². The molecule has 0 saturated carbocycles. The first kappa shape index (κ1) is 15.4. The van der Waals surface area contributed by atoms with Crippen LogP contribution in [0.5, 0.6) is 5.75 Å². The second-order valence-electron chi connectivity index (χ2n) is 4.92. The van der Waals surface area contributed by atoms with E-state index in [1.54, 1.807) is 0 Å². The Morgan fingerprint density at radius 2 is 2.14 bits per heavy atom. The lowest BCUT2D eigenvalue weighted by molar-refractivity contribution is -0.384. The van der Waals surface area contributed by atoms with E-state index in [4.69, 9.17) is 10.5 Å². The van der Waals surface area contributed by atoms with Crippen molar-refractivity contribution in [2.24, 2.45) is 0 Å². The van der Waals surface area contributed by atoms with Gasteiger partial charge in [-0.1, -0.05) is 0 Å². The van der Waals surface area contributed by atoms with Crippen LogP contribution in [0.4, 0.5) is 24.5 Å². The Labute approximate surface area is 118 Å². The third-order valence-corrected chi connectivity index (χ3v) is 3.31. The summed E-state index contributed by atoms with van der Waals surface area (Å²) in [6.07, 6.45) is -4.63. The molecule has 2 rings (SSSR count). The molecule has 0 aromatic heterocycles. The predicted molar refractivity (Wildman–Crippen MR) is 69.0 cm³/mol. The minimum Gasteiger partial charge on any atom is -0.488 e. The van der Waals surface area contributed by atoms with Gasteiger partial charge in [0.1, 0.15) is 23.1 Å². The van der Waals surface area contributed by atoms with Gasteiger partial charge in [-0.2, -0.15) is 13.2 Å². The number of nitrogens with zero attached hydrogens (tertiary/aromatic N) is 2. The Balaban J connectivity index is 2.41. The lowest BCUT2D eigenvalue weighted by Gasteiger charge is -2.19. The molecule has 0 spiro atoms. The molecule has 1 unspecified atom stereocenters. The number of rotatable bonds is 3. The highest BCUT2D eigenvalue weighted by atomic mass is 19.4. The molecule has 1 aliphatic rings. The SMILES string of the molecule is CN1CCC(Oc2ccc([N+](=O)[O-])c(N)c2C(F)(F)F)C1. The molecule has 1 aromatic rings. The summed E-state index contributed by atoms with van der Waals surface area (Å²) in [4.78, 5) is 11.7. The standard InChI is InChI=1S/C12H14F3N3O3/c1-17-5-4-7(6-17)21-9-3-2-8(18(19)20)11(16)10(9)12(13,14)15/h2-3,7H,4-6,16H2,1H3. The molecule has 21 heavy (non-hydrogen) atoms. The van der Waals surface area contributed by atoms with Crippen LogP contribution in [-0.2, 0) is 6.18 Å². The van der Waals surface area contributed by atoms with Crippen LogP contribution in [-0.4, -0.2) is 36.1 Å². The number of benzene rings is 1. The van der Waals surface area contributed by atoms with Crippen molar-refractivity contribution >= 4 is 11.4 Å². The minimum atomic E-state index is -4.82. The predicted octanol–water partition coefficient (Wildman–Crippen LogP) is 2.28. The van der Waals surface area contributed by atoms with Crippen LogP contribution in [0.1, 0.15) is 12.0 Å². The number of nitrogens with two attached hydrogens (primary N) is 1. The van der Waals surface area contributed by atoms with Gasteiger partial charge in [0, 0.05) is 19.2 Å². The number of alkyl halides is 3. The average Bonchev–Trinajstić information content (AvgIpc) is 2.72. The van der Waals surface area contributed by atoms with Gasteiger partial charge in [-0.15, -0.1) is 0 Å². The zero-order valence-corrected chi connectivity index (χ0v) is 11.2. The molecule has 0 radical (unpaired) electrons. The number of hydrogen-bond donors (Lipinski definition) is 1. The van der Waals surface area contributed by atoms with Gasteiger partial charge in [0.15, 0.2) is 0 Å². The second-order valence-corrected chi connectivity index (χ2v) is 4.92. The van der Waals surface area contributed by atoms with Crippen LogP contribution in [0.2, 0.25) is 0 Å². The zero-order valence-electron chi connectivity index (χ0n) is 11.2. The van der Waals surface area contributed by atoms with E-state index in [9.17, 15) is 23.3 Å². The van der Waals surface area contributed by atoms with Crippen LogP contribution < -0.4 is 10.5 Å². The quantitative estimate of drug-likeness (QED) is 0.526. The Morgan fingerprint density at radius 1 is 1.48 bits per heavy atom. The first-order chi connectivity index (χ1) is 9.70. The van der Waals surface area contributed by atoms with Crippen molar-refractivity contribution < 1.29 is 22.8 Å². The number of likely N-dealkylation sites (N-methyl/N-ethyl adjacent to an activating group) is 1. The van der Waals surface area contributed by atoms with E-state index in [0.717, 1.165) is 12.1 Å². The molecule has 1 saturated heterocycles. The molecular formula is C12H14F3N3O3. The van der Waals surface area contributed by atoms with Crippen molar-refractivity contribution in [3.8, 4) is 5.75 Å². The van der Waals surface area contributed by atoms with Gasteiger partial charge in [0.2, 0.25) is 0 Å². The van der Waals surface area contributed by atoms with Crippen molar-refractivity contribution in [3.05, 3.63) is 27.8 Å². The number of ether oxygens (including phenoxy) is 1. The molecule has 0 amide bonds. The maximum absolute atomic E-state index is 13.1. The van der Waals surface area contributed by atoms with Crippen LogP contribution >= 0.6 is 0 Å². The highest BCUT2D eigenvalue weighted by molar-refractivity contribution is 5.68. The molecule has 9 heteroatoms. The lowest BCUT2D eigenvalue weighted by atomic mass is 10.1. The molecule has 2 N–H and O–H groups in total. The molecule has 1 aliphatic heterocycles. The third-order valence-electron chi connectivity index (χ3n) is 3.31. The largest absolute Gasteiger partial charge is 0.488 e. The summed E-state index contributed by atoms with van der Waals surface area (Å²) in [5.41, 5.74) is 2.34. The monoisotopic (exact) mass is 305 g/mol. The van der Waals surface area contributed by atoms with Crippen molar-refractivity contribution in [3.63, 3.8) is 0 Å². The molecule has 0 aliphatic carbocycles. The topological polar surface area (TPSA) is 81.6 Å². The van der Waals surface area contributed by atoms with E-state index < -0.39 is 39.9 Å². The molecular weight excluding hydrogens is 291 g/mol. The molecule has 1 aromatic carbocycles. The summed E-state index contributed by atoms with van der Waals surface area (Å²) >= 11 is 0. The number of hydrogen-bond acceptors (Lipinski definition) is 5. The van der Waals surface area contributed by atoms with E-state index in [2.05, 4.69) is 0 Å². The van der Waals surface area contributed by atoms with E-state index >= 15 is 0 Å². The average molecular weight is 305 g/mol. The fraction of sp³-hybridized carbons (Fsp3) is 0.500. The zero-order chi connectivity index (χ0) is 15.8. The number of nitrogen functional groups attached to an aromatic ring is 1. The van der Waals surface area contributed by atoms with E-state index in [-0.39, 0.29) is 0 Å². The molecule has 6 nitrogen and oxygen atoms in total. The maximum Gasteiger partial charge on any atom is 0.422 e. The van der Waals surface area contributed by atoms with Gasteiger partial charge in [-0.05, 0) is 19.5 Å². The van der Waals surface area contributed by atoms with Crippen molar-refractivity contribution in [2.75, 3.05) is 25.9 Å². The number of halogens is 3. The Hall–Kier alpha value is -2.03. The lowest BCUT2D eigenvalue weighted by Crippen LogP contribution is -2.23. The van der Waals surface area contributed by atoms with Gasteiger partial charge in [-0.3, -0.25) is 10.1 Å². The summed E-state index contributed by atoms with van der Waals surface area (Å²) in [6, 6.07) is 1.88. The van der Waals surface area contributed by atoms with Crippen LogP contribution in [0.3, 0.4) is 0 Å². The Bertz CT molecular complexity index is 563. The molecule has 0 bridgehead atoms. The van der Waals surface area contributed by atoms with Crippen molar-refractivity contribution in [2.45, 2.75) is 18.7 Å².